The lowest BCUT2D eigenvalue weighted by Crippen LogP contribution is -2.52. The van der Waals surface area contributed by atoms with Crippen molar-refractivity contribution in [3.63, 3.8) is 0 Å². The van der Waals surface area contributed by atoms with Gasteiger partial charge in [-0.1, -0.05) is 85.6 Å². The molecule has 5 rings (SSSR count). The van der Waals surface area contributed by atoms with E-state index in [0.717, 1.165) is 42.4 Å². The second-order valence-electron chi connectivity index (χ2n) is 13.5. The number of aryl methyl sites for hydroxylation is 1. The van der Waals surface area contributed by atoms with Crippen molar-refractivity contribution in [3.8, 4) is 0 Å². The molecule has 1 saturated heterocycles. The molecule has 10 heteroatoms. The van der Waals surface area contributed by atoms with Crippen LogP contribution < -0.4 is 15.5 Å². The fraction of sp³-hybridized carbons (Fsp3) is 0.436. The van der Waals surface area contributed by atoms with Crippen LogP contribution in [0.2, 0.25) is 0 Å². The molecule has 1 aliphatic heterocycles. The number of carboxylic acid groups (broad SMARTS) is 1. The zero-order valence-electron chi connectivity index (χ0n) is 28.4. The molecule has 1 heterocycles. The fourth-order valence-electron chi connectivity index (χ4n) is 7.56. The highest BCUT2D eigenvalue weighted by Crippen LogP contribution is 2.43. The van der Waals surface area contributed by atoms with Crippen LogP contribution in [0.15, 0.2) is 84.9 Å². The number of aliphatic carboxylic acids is 1. The molecule has 0 spiro atoms. The van der Waals surface area contributed by atoms with Crippen LogP contribution in [0.5, 0.6) is 0 Å². The molecular formula is C39H48N4O6. The number of amides is 3. The number of aliphatic hydroxyl groups is 1. The van der Waals surface area contributed by atoms with Gasteiger partial charge in [-0.15, -0.1) is 0 Å². The zero-order chi connectivity index (χ0) is 35.0. The molecule has 3 amide bonds. The minimum Gasteiger partial charge on any atom is -0.480 e. The summed E-state index contributed by atoms with van der Waals surface area (Å²) in [5, 5.41) is 27.2. The van der Waals surface area contributed by atoms with E-state index in [1.807, 2.05) is 84.9 Å². The Morgan fingerprint density at radius 1 is 0.878 bits per heavy atom. The number of carboxylic acids is 1. The lowest BCUT2D eigenvalue weighted by atomic mass is 9.80. The lowest BCUT2D eigenvalue weighted by molar-refractivity contribution is -0.141. The highest BCUT2D eigenvalue weighted by atomic mass is 16.4. The van der Waals surface area contributed by atoms with Gasteiger partial charge in [-0.05, 0) is 67.3 Å². The van der Waals surface area contributed by atoms with Crippen LogP contribution in [0.25, 0.3) is 0 Å². The van der Waals surface area contributed by atoms with Gasteiger partial charge in [-0.3, -0.25) is 29.4 Å². The summed E-state index contributed by atoms with van der Waals surface area (Å²) in [6.07, 6.45) is 4.14. The Balaban J connectivity index is 1.35. The molecule has 0 bridgehead atoms. The molecule has 4 atom stereocenters. The summed E-state index contributed by atoms with van der Waals surface area (Å²) in [5.74, 6) is -1.53. The molecule has 0 aromatic heterocycles. The molecule has 49 heavy (non-hydrogen) atoms. The molecule has 1 aliphatic carbocycles. The second kappa shape index (κ2) is 16.2. The molecule has 4 N–H and O–H groups in total. The second-order valence-corrected chi connectivity index (χ2v) is 13.5. The summed E-state index contributed by atoms with van der Waals surface area (Å²) in [7, 11) is 0. The van der Waals surface area contributed by atoms with Crippen LogP contribution in [-0.2, 0) is 38.4 Å². The van der Waals surface area contributed by atoms with E-state index in [-0.39, 0.29) is 24.1 Å². The van der Waals surface area contributed by atoms with Crippen LogP contribution in [0, 0.1) is 5.41 Å². The van der Waals surface area contributed by atoms with E-state index in [1.54, 1.807) is 9.80 Å². The quantitative estimate of drug-likeness (QED) is 0.176. The standard InChI is InChI=1S/C39H48N4O6/c1-27(44)40-24-23-39(21-9-10-22-39)38(49)41-33(37(47)48)25-31-15-18-32(19-16-31)43-35(20-17-29-11-5-3-6-12-29)42(28(2)45)34(36(43)46)26-30-13-7-4-8-14-30/h3-8,11-16,18-19,33-35,38,41,49H,9-10,17,20-26H2,1-2H3,(H,40,44)(H,47,48)/t33?,34-,35?,38+/m1/s1. The Bertz CT molecular complexity index is 1580. The smallest absolute Gasteiger partial charge is 0.321 e. The number of nitrogens with zero attached hydrogens (tertiary/aromatic N) is 2. The van der Waals surface area contributed by atoms with E-state index in [1.165, 1.54) is 13.8 Å². The topological polar surface area (TPSA) is 139 Å². The summed E-state index contributed by atoms with van der Waals surface area (Å²) in [6, 6.07) is 25.2. The van der Waals surface area contributed by atoms with Gasteiger partial charge < -0.3 is 20.4 Å². The Morgan fingerprint density at radius 3 is 2.06 bits per heavy atom. The van der Waals surface area contributed by atoms with Crippen molar-refractivity contribution in [2.24, 2.45) is 5.41 Å². The van der Waals surface area contributed by atoms with E-state index >= 15 is 0 Å². The van der Waals surface area contributed by atoms with Crippen LogP contribution in [0.4, 0.5) is 5.69 Å². The summed E-state index contributed by atoms with van der Waals surface area (Å²) in [6.45, 7) is 3.38. The third-order valence-electron chi connectivity index (χ3n) is 10.1. The summed E-state index contributed by atoms with van der Waals surface area (Å²) < 4.78 is 0. The molecule has 1 saturated carbocycles. The van der Waals surface area contributed by atoms with Crippen LogP contribution in [0.3, 0.4) is 0 Å². The van der Waals surface area contributed by atoms with Gasteiger partial charge in [0.15, 0.2) is 0 Å². The third kappa shape index (κ3) is 8.74. The van der Waals surface area contributed by atoms with Gasteiger partial charge in [0.2, 0.25) is 11.8 Å². The number of anilines is 1. The number of hydrogen-bond acceptors (Lipinski definition) is 6. The first-order valence-electron chi connectivity index (χ1n) is 17.3. The van der Waals surface area contributed by atoms with Crippen molar-refractivity contribution in [1.29, 1.82) is 0 Å². The van der Waals surface area contributed by atoms with Gasteiger partial charge in [-0.25, -0.2) is 0 Å². The Hall–Kier alpha value is -4.54. The average Bonchev–Trinajstić information content (AvgIpc) is 3.67. The van der Waals surface area contributed by atoms with Crippen molar-refractivity contribution < 1.29 is 29.4 Å². The van der Waals surface area contributed by atoms with Crippen LogP contribution in [0.1, 0.15) is 69.1 Å². The molecule has 3 aromatic carbocycles. The van der Waals surface area contributed by atoms with E-state index < -0.39 is 35.9 Å². The van der Waals surface area contributed by atoms with Crippen molar-refractivity contribution in [1.82, 2.24) is 15.5 Å². The van der Waals surface area contributed by atoms with Gasteiger partial charge in [0.1, 0.15) is 24.5 Å². The van der Waals surface area contributed by atoms with E-state index in [0.29, 0.717) is 37.9 Å². The first kappa shape index (κ1) is 35.8. The van der Waals surface area contributed by atoms with Crippen molar-refractivity contribution >= 4 is 29.4 Å². The number of hydrogen-bond donors (Lipinski definition) is 4. The van der Waals surface area contributed by atoms with Gasteiger partial charge in [0.25, 0.3) is 5.91 Å². The number of carbonyl (C=O) groups excluding carboxylic acids is 3. The first-order chi connectivity index (χ1) is 23.6. The normalized spacial score (nSPS) is 19.9. The van der Waals surface area contributed by atoms with Gasteiger partial charge in [-0.2, -0.15) is 0 Å². The fourth-order valence-corrected chi connectivity index (χ4v) is 7.56. The molecule has 0 radical (unpaired) electrons. The number of nitrogens with one attached hydrogen (secondary N) is 2. The molecule has 10 nitrogen and oxygen atoms in total. The number of aliphatic hydroxyl groups excluding tert-OH is 1. The molecule has 2 fully saturated rings. The zero-order valence-corrected chi connectivity index (χ0v) is 28.4. The third-order valence-corrected chi connectivity index (χ3v) is 10.1. The van der Waals surface area contributed by atoms with E-state index in [4.69, 9.17) is 0 Å². The summed E-state index contributed by atoms with van der Waals surface area (Å²) in [5.41, 5.74) is 2.94. The van der Waals surface area contributed by atoms with Crippen LogP contribution >= 0.6 is 0 Å². The minimum absolute atomic E-state index is 0.121. The number of carbonyl (C=O) groups is 4. The maximum absolute atomic E-state index is 14.2. The van der Waals surface area contributed by atoms with E-state index in [2.05, 4.69) is 10.6 Å². The molecule has 3 aromatic rings. The number of benzene rings is 3. The molecular weight excluding hydrogens is 620 g/mol. The molecule has 2 unspecified atom stereocenters. The predicted octanol–water partition coefficient (Wildman–Crippen LogP) is 4.44. The van der Waals surface area contributed by atoms with Crippen molar-refractivity contribution in [3.05, 3.63) is 102 Å². The van der Waals surface area contributed by atoms with E-state index in [9.17, 15) is 29.4 Å². The Labute approximate surface area is 288 Å². The highest BCUT2D eigenvalue weighted by Gasteiger charge is 2.47. The largest absolute Gasteiger partial charge is 0.480 e. The first-order valence-corrected chi connectivity index (χ1v) is 17.3. The summed E-state index contributed by atoms with van der Waals surface area (Å²) >= 11 is 0. The van der Waals surface area contributed by atoms with Gasteiger partial charge >= 0.3 is 5.97 Å². The van der Waals surface area contributed by atoms with Gasteiger partial charge in [0, 0.05) is 37.9 Å². The van der Waals surface area contributed by atoms with Gasteiger partial charge in [0.05, 0.1) is 0 Å². The van der Waals surface area contributed by atoms with Crippen molar-refractivity contribution in [2.75, 3.05) is 11.4 Å². The highest BCUT2D eigenvalue weighted by molar-refractivity contribution is 6.03. The monoisotopic (exact) mass is 668 g/mol. The summed E-state index contributed by atoms with van der Waals surface area (Å²) in [4.78, 5) is 54.6. The molecule has 2 aliphatic rings. The Kier molecular flexibility index (Phi) is 11.9. The Morgan fingerprint density at radius 2 is 1.49 bits per heavy atom. The molecule has 260 valence electrons. The lowest BCUT2D eigenvalue weighted by Gasteiger charge is -2.36. The maximum Gasteiger partial charge on any atom is 0.321 e. The SMILES string of the molecule is CC(=O)NCCC1([C@H](O)NC(Cc2ccc(N3C(=O)[C@@H](Cc4ccccc4)N(C(C)=O)C3CCc3ccccc3)cc2)C(=O)O)CCCC1. The number of rotatable bonds is 15. The maximum atomic E-state index is 14.2. The predicted molar refractivity (Wildman–Crippen MR) is 187 cm³/mol. The van der Waals surface area contributed by atoms with Crippen LogP contribution in [-0.4, -0.2) is 69.8 Å². The average molecular weight is 669 g/mol. The minimum atomic E-state index is -1.07. The van der Waals surface area contributed by atoms with Crippen molar-refractivity contribution in [2.45, 2.75) is 96.1 Å².